The minimum atomic E-state index is -0.444. The van der Waals surface area contributed by atoms with Crippen LogP contribution in [0.25, 0.3) is 0 Å². The normalized spacial score (nSPS) is 15.2. The molecule has 0 spiro atoms. The van der Waals surface area contributed by atoms with Gasteiger partial charge in [0.15, 0.2) is 0 Å². The van der Waals surface area contributed by atoms with Crippen molar-refractivity contribution in [3.05, 3.63) is 28.2 Å². The number of carbonyl (C=O) groups is 1. The predicted molar refractivity (Wildman–Crippen MR) is 74.7 cm³/mol. The molecule has 0 aromatic heterocycles. The molecule has 0 bridgehead atoms. The van der Waals surface area contributed by atoms with Gasteiger partial charge >= 0.3 is 0 Å². The first-order valence-corrected chi connectivity index (χ1v) is 6.78. The predicted octanol–water partition coefficient (Wildman–Crippen LogP) is 0.962. The van der Waals surface area contributed by atoms with Crippen molar-refractivity contribution in [1.29, 1.82) is 5.26 Å². The van der Waals surface area contributed by atoms with Crippen LogP contribution < -0.4 is 4.90 Å². The van der Waals surface area contributed by atoms with Gasteiger partial charge in [-0.3, -0.25) is 4.79 Å². The minimum absolute atomic E-state index is 0.241. The molecule has 19 heavy (non-hydrogen) atoms. The Labute approximate surface area is 120 Å². The number of nitrogens with zero attached hydrogens (tertiary/aromatic N) is 3. The zero-order valence-electron chi connectivity index (χ0n) is 10.3. The van der Waals surface area contributed by atoms with E-state index in [1.807, 2.05) is 12.1 Å². The Morgan fingerprint density at radius 2 is 2.05 bits per heavy atom. The summed E-state index contributed by atoms with van der Waals surface area (Å²) in [7, 11) is 0. The van der Waals surface area contributed by atoms with Crippen LogP contribution in [0.15, 0.2) is 22.7 Å². The van der Waals surface area contributed by atoms with Crippen molar-refractivity contribution in [1.82, 2.24) is 4.90 Å². The number of amides is 1. The summed E-state index contributed by atoms with van der Waals surface area (Å²) in [6.45, 7) is 2.02. The van der Waals surface area contributed by atoms with Crippen LogP contribution in [0.1, 0.15) is 5.56 Å². The molecule has 1 saturated heterocycles. The molecule has 1 amide bonds. The van der Waals surface area contributed by atoms with E-state index in [0.29, 0.717) is 31.7 Å². The SMILES string of the molecule is N#Cc1ccc(Br)cc1N1CCN(C(=O)CO)CC1. The van der Waals surface area contributed by atoms with E-state index < -0.39 is 6.61 Å². The Hall–Kier alpha value is -1.58. The highest BCUT2D eigenvalue weighted by atomic mass is 79.9. The standard InChI is InChI=1S/C13H14BrN3O2/c14-11-2-1-10(8-15)12(7-11)16-3-5-17(6-4-16)13(19)9-18/h1-2,7,18H,3-6,9H2. The summed E-state index contributed by atoms with van der Waals surface area (Å²) in [5.41, 5.74) is 1.51. The number of nitriles is 1. The summed E-state index contributed by atoms with van der Waals surface area (Å²) in [6.07, 6.45) is 0. The summed E-state index contributed by atoms with van der Waals surface area (Å²) in [5, 5.41) is 18.0. The molecule has 1 heterocycles. The van der Waals surface area contributed by atoms with Crippen LogP contribution in [0.3, 0.4) is 0 Å². The Balaban J connectivity index is 2.12. The molecule has 0 radical (unpaired) electrons. The van der Waals surface area contributed by atoms with Crippen LogP contribution in [0.5, 0.6) is 0 Å². The van der Waals surface area contributed by atoms with Gasteiger partial charge in [-0.15, -0.1) is 0 Å². The van der Waals surface area contributed by atoms with Crippen molar-refractivity contribution in [2.75, 3.05) is 37.7 Å². The molecule has 0 atom stereocenters. The second kappa shape index (κ2) is 6.04. The maximum absolute atomic E-state index is 11.4. The highest BCUT2D eigenvalue weighted by Gasteiger charge is 2.22. The average Bonchev–Trinajstić information content (AvgIpc) is 2.46. The van der Waals surface area contributed by atoms with Crippen molar-refractivity contribution in [2.24, 2.45) is 0 Å². The second-order valence-corrected chi connectivity index (χ2v) is 5.21. The van der Waals surface area contributed by atoms with Crippen LogP contribution in [-0.2, 0) is 4.79 Å². The molecule has 0 unspecified atom stereocenters. The number of hydrogen-bond donors (Lipinski definition) is 1. The van der Waals surface area contributed by atoms with E-state index in [9.17, 15) is 4.79 Å². The third-order valence-corrected chi connectivity index (χ3v) is 3.68. The van der Waals surface area contributed by atoms with E-state index >= 15 is 0 Å². The number of aliphatic hydroxyl groups excluding tert-OH is 1. The number of aliphatic hydroxyl groups is 1. The lowest BCUT2D eigenvalue weighted by Crippen LogP contribution is -2.49. The maximum Gasteiger partial charge on any atom is 0.248 e. The first-order chi connectivity index (χ1) is 9.15. The van der Waals surface area contributed by atoms with Gasteiger partial charge in [-0.1, -0.05) is 15.9 Å². The van der Waals surface area contributed by atoms with Gasteiger partial charge < -0.3 is 14.9 Å². The zero-order valence-corrected chi connectivity index (χ0v) is 11.9. The first kappa shape index (κ1) is 13.8. The largest absolute Gasteiger partial charge is 0.387 e. The van der Waals surface area contributed by atoms with E-state index in [2.05, 4.69) is 26.9 Å². The highest BCUT2D eigenvalue weighted by molar-refractivity contribution is 9.10. The van der Waals surface area contributed by atoms with Crippen LogP contribution in [0, 0.1) is 11.3 Å². The molecule has 1 aliphatic heterocycles. The van der Waals surface area contributed by atoms with Crippen LogP contribution in [0.4, 0.5) is 5.69 Å². The lowest BCUT2D eigenvalue weighted by atomic mass is 10.1. The Kier molecular flexibility index (Phi) is 4.40. The average molecular weight is 324 g/mol. The molecule has 6 heteroatoms. The number of benzene rings is 1. The molecule has 2 rings (SSSR count). The van der Waals surface area contributed by atoms with Gasteiger partial charge in [0.2, 0.25) is 5.91 Å². The fourth-order valence-corrected chi connectivity index (χ4v) is 2.51. The third kappa shape index (κ3) is 3.06. The van der Waals surface area contributed by atoms with Crippen molar-refractivity contribution in [3.8, 4) is 6.07 Å². The zero-order chi connectivity index (χ0) is 13.8. The topological polar surface area (TPSA) is 67.6 Å². The number of hydrogen-bond acceptors (Lipinski definition) is 4. The van der Waals surface area contributed by atoms with Gasteiger partial charge in [-0.05, 0) is 18.2 Å². The second-order valence-electron chi connectivity index (χ2n) is 4.30. The van der Waals surface area contributed by atoms with Crippen molar-refractivity contribution < 1.29 is 9.90 Å². The molecule has 5 nitrogen and oxygen atoms in total. The molecule has 1 N–H and O–H groups in total. The molecule has 1 fully saturated rings. The third-order valence-electron chi connectivity index (χ3n) is 3.19. The van der Waals surface area contributed by atoms with Gasteiger partial charge in [0.05, 0.1) is 11.3 Å². The van der Waals surface area contributed by atoms with Gasteiger partial charge in [0.25, 0.3) is 0 Å². The summed E-state index contributed by atoms with van der Waals surface area (Å²) < 4.78 is 0.926. The smallest absolute Gasteiger partial charge is 0.248 e. The molecule has 0 saturated carbocycles. The maximum atomic E-state index is 11.4. The summed E-state index contributed by atoms with van der Waals surface area (Å²) in [6, 6.07) is 7.72. The van der Waals surface area contributed by atoms with E-state index in [4.69, 9.17) is 10.4 Å². The number of rotatable bonds is 2. The number of halogens is 1. The van der Waals surface area contributed by atoms with E-state index in [-0.39, 0.29) is 5.91 Å². The van der Waals surface area contributed by atoms with E-state index in [0.717, 1.165) is 10.2 Å². The summed E-state index contributed by atoms with van der Waals surface area (Å²) in [4.78, 5) is 15.1. The van der Waals surface area contributed by atoms with Gasteiger partial charge in [-0.25, -0.2) is 0 Å². The van der Waals surface area contributed by atoms with Crippen molar-refractivity contribution >= 4 is 27.5 Å². The lowest BCUT2D eigenvalue weighted by molar-refractivity contribution is -0.134. The molecular weight excluding hydrogens is 310 g/mol. The molecule has 1 aromatic rings. The molecule has 0 aliphatic carbocycles. The van der Waals surface area contributed by atoms with Crippen LogP contribution in [0.2, 0.25) is 0 Å². The number of carbonyl (C=O) groups excluding carboxylic acids is 1. The van der Waals surface area contributed by atoms with E-state index in [1.54, 1.807) is 11.0 Å². The fraction of sp³-hybridized carbons (Fsp3) is 0.385. The van der Waals surface area contributed by atoms with Crippen molar-refractivity contribution in [3.63, 3.8) is 0 Å². The molecule has 1 aliphatic rings. The molecular formula is C13H14BrN3O2. The van der Waals surface area contributed by atoms with Crippen LogP contribution in [-0.4, -0.2) is 48.7 Å². The molecule has 1 aromatic carbocycles. The van der Waals surface area contributed by atoms with Gasteiger partial charge in [0, 0.05) is 30.7 Å². The van der Waals surface area contributed by atoms with Gasteiger partial charge in [0.1, 0.15) is 12.7 Å². The highest BCUT2D eigenvalue weighted by Crippen LogP contribution is 2.25. The summed E-state index contributed by atoms with van der Waals surface area (Å²) in [5.74, 6) is -0.241. The van der Waals surface area contributed by atoms with Gasteiger partial charge in [-0.2, -0.15) is 5.26 Å². The number of piperazine rings is 1. The summed E-state index contributed by atoms with van der Waals surface area (Å²) >= 11 is 3.40. The Bertz CT molecular complexity index is 519. The Morgan fingerprint density at radius 1 is 1.37 bits per heavy atom. The minimum Gasteiger partial charge on any atom is -0.387 e. The van der Waals surface area contributed by atoms with Crippen LogP contribution >= 0.6 is 15.9 Å². The lowest BCUT2D eigenvalue weighted by Gasteiger charge is -2.36. The Morgan fingerprint density at radius 3 is 2.63 bits per heavy atom. The van der Waals surface area contributed by atoms with E-state index in [1.165, 1.54) is 0 Å². The number of anilines is 1. The van der Waals surface area contributed by atoms with Crippen molar-refractivity contribution in [2.45, 2.75) is 0 Å². The first-order valence-electron chi connectivity index (χ1n) is 5.99. The monoisotopic (exact) mass is 323 g/mol. The quantitative estimate of drug-likeness (QED) is 0.880. The fourth-order valence-electron chi connectivity index (χ4n) is 2.16. The molecule has 100 valence electrons.